The van der Waals surface area contributed by atoms with Crippen LogP contribution in [0.4, 0.5) is 0 Å². The Morgan fingerprint density at radius 1 is 1.53 bits per heavy atom. The Bertz CT molecular complexity index is 402. The fourth-order valence-corrected chi connectivity index (χ4v) is 2.40. The maximum Gasteiger partial charge on any atom is 0.254 e. The van der Waals surface area contributed by atoms with Crippen molar-refractivity contribution in [1.29, 1.82) is 0 Å². The topological polar surface area (TPSA) is 45.2 Å². The van der Waals surface area contributed by atoms with Gasteiger partial charge >= 0.3 is 0 Å². The van der Waals surface area contributed by atoms with Gasteiger partial charge in [0.1, 0.15) is 4.60 Å². The van der Waals surface area contributed by atoms with E-state index in [9.17, 15) is 4.79 Å². The third-order valence-corrected chi connectivity index (χ3v) is 3.69. The molecule has 92 valence electrons. The summed E-state index contributed by atoms with van der Waals surface area (Å²) in [6.07, 6.45) is 3.69. The minimum atomic E-state index is -0.0421. The largest absolute Gasteiger partial charge is 0.349 e. The molecule has 1 aromatic heterocycles. The first-order valence-electron chi connectivity index (χ1n) is 5.77. The third-order valence-electron chi connectivity index (χ3n) is 3.06. The van der Waals surface area contributed by atoms with Crippen LogP contribution < -0.4 is 5.32 Å². The van der Waals surface area contributed by atoms with Crippen molar-refractivity contribution >= 4 is 21.8 Å². The summed E-state index contributed by atoms with van der Waals surface area (Å²) < 4.78 is 0.602. The van der Waals surface area contributed by atoms with Crippen LogP contribution in [0.15, 0.2) is 22.9 Å². The molecule has 1 amide bonds. The highest BCUT2D eigenvalue weighted by atomic mass is 79.9. The molecule has 1 N–H and O–H groups in total. The number of halogens is 1. The molecule has 0 radical (unpaired) electrons. The number of carbonyl (C=O) groups excluding carboxylic acids is 1. The highest BCUT2D eigenvalue weighted by Crippen LogP contribution is 2.14. The van der Waals surface area contributed by atoms with Gasteiger partial charge in [0.25, 0.3) is 5.91 Å². The number of nitrogens with zero attached hydrogens (tertiary/aromatic N) is 2. The standard InChI is InChI=1S/C12H16BrN3O/c1-16-7-4-9(5-8-16)15-12(17)10-3-2-6-14-11(10)13/h2-3,6,9H,4-5,7-8H2,1H3,(H,15,17). The molecular weight excluding hydrogens is 282 g/mol. The van der Waals surface area contributed by atoms with Crippen LogP contribution in [0.5, 0.6) is 0 Å². The summed E-state index contributed by atoms with van der Waals surface area (Å²) in [7, 11) is 2.11. The maximum atomic E-state index is 12.0. The molecular formula is C12H16BrN3O. The number of amides is 1. The molecule has 0 aliphatic carbocycles. The molecule has 1 aliphatic rings. The molecule has 2 rings (SSSR count). The van der Waals surface area contributed by atoms with Crippen LogP contribution in [0.3, 0.4) is 0 Å². The van der Waals surface area contributed by atoms with Gasteiger partial charge in [-0.3, -0.25) is 4.79 Å². The smallest absolute Gasteiger partial charge is 0.254 e. The van der Waals surface area contributed by atoms with Gasteiger partial charge in [0, 0.05) is 12.2 Å². The number of carbonyl (C=O) groups is 1. The second-order valence-corrected chi connectivity index (χ2v) is 5.14. The highest BCUT2D eigenvalue weighted by Gasteiger charge is 2.20. The molecule has 17 heavy (non-hydrogen) atoms. The predicted molar refractivity (Wildman–Crippen MR) is 69.9 cm³/mol. The van der Waals surface area contributed by atoms with Crippen molar-refractivity contribution in [3.63, 3.8) is 0 Å². The second-order valence-electron chi connectivity index (χ2n) is 4.39. The van der Waals surface area contributed by atoms with Crippen molar-refractivity contribution in [2.45, 2.75) is 18.9 Å². The molecule has 0 unspecified atom stereocenters. The minimum Gasteiger partial charge on any atom is -0.349 e. The summed E-state index contributed by atoms with van der Waals surface area (Å²) >= 11 is 3.29. The minimum absolute atomic E-state index is 0.0421. The number of nitrogens with one attached hydrogen (secondary N) is 1. The van der Waals surface area contributed by atoms with Crippen molar-refractivity contribution in [3.8, 4) is 0 Å². The number of aromatic nitrogens is 1. The average molecular weight is 298 g/mol. The monoisotopic (exact) mass is 297 g/mol. The van der Waals surface area contributed by atoms with E-state index in [1.807, 2.05) is 0 Å². The zero-order valence-corrected chi connectivity index (χ0v) is 11.4. The van der Waals surface area contributed by atoms with Gasteiger partial charge in [-0.15, -0.1) is 0 Å². The summed E-state index contributed by atoms with van der Waals surface area (Å²) in [6.45, 7) is 2.08. The van der Waals surface area contributed by atoms with Crippen LogP contribution in [0, 0.1) is 0 Å². The second kappa shape index (κ2) is 5.60. The Balaban J connectivity index is 1.96. The Hall–Kier alpha value is -0.940. The molecule has 1 saturated heterocycles. The first-order chi connectivity index (χ1) is 8.16. The van der Waals surface area contributed by atoms with E-state index in [-0.39, 0.29) is 11.9 Å². The maximum absolute atomic E-state index is 12.0. The SMILES string of the molecule is CN1CCC(NC(=O)c2cccnc2Br)CC1. The molecule has 1 aromatic rings. The van der Waals surface area contributed by atoms with Gasteiger partial charge in [-0.25, -0.2) is 4.98 Å². The van der Waals surface area contributed by atoms with E-state index >= 15 is 0 Å². The number of piperidine rings is 1. The number of hydrogen-bond donors (Lipinski definition) is 1. The summed E-state index contributed by atoms with van der Waals surface area (Å²) in [6, 6.07) is 3.83. The first-order valence-corrected chi connectivity index (χ1v) is 6.56. The molecule has 2 heterocycles. The van der Waals surface area contributed by atoms with Gasteiger partial charge in [-0.2, -0.15) is 0 Å². The van der Waals surface area contributed by atoms with Gasteiger partial charge in [-0.1, -0.05) is 0 Å². The molecule has 0 bridgehead atoms. The van der Waals surface area contributed by atoms with Crippen molar-refractivity contribution in [2.75, 3.05) is 20.1 Å². The zero-order valence-electron chi connectivity index (χ0n) is 9.82. The van der Waals surface area contributed by atoms with Crippen molar-refractivity contribution in [2.24, 2.45) is 0 Å². The Kier molecular flexibility index (Phi) is 4.12. The molecule has 1 fully saturated rings. The quantitative estimate of drug-likeness (QED) is 0.845. The van der Waals surface area contributed by atoms with E-state index in [0.717, 1.165) is 25.9 Å². The van der Waals surface area contributed by atoms with Crippen LogP contribution in [0.2, 0.25) is 0 Å². The summed E-state index contributed by atoms with van der Waals surface area (Å²) in [5.74, 6) is -0.0421. The Labute approximate surface area is 110 Å². The van der Waals surface area contributed by atoms with Gasteiger partial charge in [0.2, 0.25) is 0 Å². The van der Waals surface area contributed by atoms with Crippen LogP contribution in [-0.4, -0.2) is 42.0 Å². The van der Waals surface area contributed by atoms with E-state index < -0.39 is 0 Å². The molecule has 4 nitrogen and oxygen atoms in total. The van der Waals surface area contributed by atoms with E-state index in [1.54, 1.807) is 18.3 Å². The zero-order chi connectivity index (χ0) is 12.3. The number of likely N-dealkylation sites (tertiary alicyclic amines) is 1. The van der Waals surface area contributed by atoms with Crippen LogP contribution >= 0.6 is 15.9 Å². The average Bonchev–Trinajstić information content (AvgIpc) is 2.32. The summed E-state index contributed by atoms with van der Waals surface area (Å²) in [5, 5.41) is 3.06. The van der Waals surface area contributed by atoms with Crippen LogP contribution in [-0.2, 0) is 0 Å². The third kappa shape index (κ3) is 3.26. The number of rotatable bonds is 2. The summed E-state index contributed by atoms with van der Waals surface area (Å²) in [5.41, 5.74) is 0.603. The lowest BCUT2D eigenvalue weighted by atomic mass is 10.1. The lowest BCUT2D eigenvalue weighted by molar-refractivity contribution is 0.0915. The predicted octanol–water partition coefficient (Wildman–Crippen LogP) is 1.67. The van der Waals surface area contributed by atoms with Gasteiger partial charge < -0.3 is 10.2 Å². The Morgan fingerprint density at radius 3 is 2.88 bits per heavy atom. The fraction of sp³-hybridized carbons (Fsp3) is 0.500. The first kappa shape index (κ1) is 12.5. The molecule has 0 atom stereocenters. The summed E-state index contributed by atoms with van der Waals surface area (Å²) in [4.78, 5) is 18.4. The number of pyridine rings is 1. The highest BCUT2D eigenvalue weighted by molar-refractivity contribution is 9.10. The lowest BCUT2D eigenvalue weighted by Crippen LogP contribution is -2.43. The van der Waals surface area contributed by atoms with Gasteiger partial charge in [0.15, 0.2) is 0 Å². The van der Waals surface area contributed by atoms with Gasteiger partial charge in [0.05, 0.1) is 5.56 Å². The Morgan fingerprint density at radius 2 is 2.24 bits per heavy atom. The molecule has 5 heteroatoms. The van der Waals surface area contributed by atoms with Crippen molar-refractivity contribution in [3.05, 3.63) is 28.5 Å². The molecule has 0 spiro atoms. The van der Waals surface area contributed by atoms with Crippen LogP contribution in [0.25, 0.3) is 0 Å². The van der Waals surface area contributed by atoms with E-state index in [1.165, 1.54) is 0 Å². The molecule has 1 aliphatic heterocycles. The molecule has 0 saturated carbocycles. The van der Waals surface area contributed by atoms with E-state index in [2.05, 4.69) is 38.2 Å². The van der Waals surface area contributed by atoms with Crippen molar-refractivity contribution < 1.29 is 4.79 Å². The van der Waals surface area contributed by atoms with Crippen molar-refractivity contribution in [1.82, 2.24) is 15.2 Å². The normalized spacial score (nSPS) is 18.0. The van der Waals surface area contributed by atoms with E-state index in [0.29, 0.717) is 10.2 Å². The van der Waals surface area contributed by atoms with E-state index in [4.69, 9.17) is 0 Å². The van der Waals surface area contributed by atoms with Crippen LogP contribution in [0.1, 0.15) is 23.2 Å². The number of hydrogen-bond acceptors (Lipinski definition) is 3. The lowest BCUT2D eigenvalue weighted by Gasteiger charge is -2.29. The fourth-order valence-electron chi connectivity index (χ4n) is 1.97. The molecule has 0 aromatic carbocycles. The van der Waals surface area contributed by atoms with Gasteiger partial charge in [-0.05, 0) is 61.0 Å².